The average molecular weight is 168 g/mol. The molecule has 0 atom stereocenters. The van der Waals surface area contributed by atoms with Crippen LogP contribution in [0, 0.1) is 0 Å². The van der Waals surface area contributed by atoms with Crippen LogP contribution >= 0.6 is 0 Å². The standard InChI is InChI=1S/C7H8N2O3/c1-12-7(11)3-9-2-6(4-10)8-5-9/h2,4-5H,3H2,1H3. The minimum atomic E-state index is -0.371. The smallest absolute Gasteiger partial charge is 0.325 e. The fourth-order valence-corrected chi connectivity index (χ4v) is 0.738. The van der Waals surface area contributed by atoms with Crippen LogP contribution in [-0.2, 0) is 16.1 Å². The zero-order chi connectivity index (χ0) is 8.97. The summed E-state index contributed by atoms with van der Waals surface area (Å²) in [6, 6.07) is 0. The first kappa shape index (κ1) is 8.45. The van der Waals surface area contributed by atoms with E-state index in [0.717, 1.165) is 0 Å². The van der Waals surface area contributed by atoms with Gasteiger partial charge in [-0.25, -0.2) is 4.98 Å². The highest BCUT2D eigenvalue weighted by molar-refractivity contribution is 5.72. The van der Waals surface area contributed by atoms with Crippen molar-refractivity contribution in [1.82, 2.24) is 9.55 Å². The van der Waals surface area contributed by atoms with Crippen molar-refractivity contribution < 1.29 is 14.3 Å². The molecule has 5 heteroatoms. The van der Waals surface area contributed by atoms with Gasteiger partial charge in [-0.1, -0.05) is 0 Å². The Kier molecular flexibility index (Phi) is 2.57. The lowest BCUT2D eigenvalue weighted by molar-refractivity contribution is -0.141. The largest absolute Gasteiger partial charge is 0.468 e. The SMILES string of the molecule is COC(=O)Cn1cnc(C=O)c1. The third kappa shape index (κ3) is 1.91. The van der Waals surface area contributed by atoms with Gasteiger partial charge in [0.15, 0.2) is 6.29 Å². The minimum Gasteiger partial charge on any atom is -0.468 e. The van der Waals surface area contributed by atoms with Gasteiger partial charge in [-0.3, -0.25) is 9.59 Å². The number of esters is 1. The molecule has 1 rings (SSSR count). The Hall–Kier alpha value is -1.65. The molecule has 5 nitrogen and oxygen atoms in total. The van der Waals surface area contributed by atoms with Crippen LogP contribution in [0.1, 0.15) is 10.5 Å². The van der Waals surface area contributed by atoms with Crippen LogP contribution < -0.4 is 0 Å². The fourth-order valence-electron chi connectivity index (χ4n) is 0.738. The highest BCUT2D eigenvalue weighted by atomic mass is 16.5. The van der Waals surface area contributed by atoms with Gasteiger partial charge >= 0.3 is 5.97 Å². The van der Waals surface area contributed by atoms with Gasteiger partial charge in [0.05, 0.1) is 13.4 Å². The number of aromatic nitrogens is 2. The number of carbonyl (C=O) groups excluding carboxylic acids is 2. The number of nitrogens with zero attached hydrogens (tertiary/aromatic N) is 2. The summed E-state index contributed by atoms with van der Waals surface area (Å²) < 4.78 is 5.90. The number of ether oxygens (including phenoxy) is 1. The predicted octanol–water partition coefficient (Wildman–Crippen LogP) is -0.131. The van der Waals surface area contributed by atoms with Crippen LogP contribution in [0.15, 0.2) is 12.5 Å². The van der Waals surface area contributed by atoms with Crippen molar-refractivity contribution in [2.75, 3.05) is 7.11 Å². The predicted molar refractivity (Wildman–Crippen MR) is 39.6 cm³/mol. The summed E-state index contributed by atoms with van der Waals surface area (Å²) in [6.07, 6.45) is 3.50. The number of hydrogen-bond donors (Lipinski definition) is 0. The van der Waals surface area contributed by atoms with Crippen molar-refractivity contribution in [2.45, 2.75) is 6.54 Å². The first-order chi connectivity index (χ1) is 5.76. The molecule has 0 unspecified atom stereocenters. The van der Waals surface area contributed by atoms with E-state index in [0.29, 0.717) is 12.0 Å². The van der Waals surface area contributed by atoms with Crippen molar-refractivity contribution in [3.63, 3.8) is 0 Å². The number of aldehydes is 1. The van der Waals surface area contributed by atoms with Crippen molar-refractivity contribution >= 4 is 12.3 Å². The molecule has 0 amide bonds. The maximum absolute atomic E-state index is 10.7. The van der Waals surface area contributed by atoms with Gasteiger partial charge in [0, 0.05) is 6.20 Å². The topological polar surface area (TPSA) is 61.2 Å². The second-order valence-electron chi connectivity index (χ2n) is 2.16. The van der Waals surface area contributed by atoms with E-state index in [2.05, 4.69) is 9.72 Å². The third-order valence-corrected chi connectivity index (χ3v) is 1.31. The van der Waals surface area contributed by atoms with Gasteiger partial charge in [-0.15, -0.1) is 0 Å². The summed E-state index contributed by atoms with van der Waals surface area (Å²) in [5, 5.41) is 0. The first-order valence-corrected chi connectivity index (χ1v) is 3.30. The highest BCUT2D eigenvalue weighted by Gasteiger charge is 2.02. The molecule has 12 heavy (non-hydrogen) atoms. The zero-order valence-electron chi connectivity index (χ0n) is 6.56. The molecule has 0 aliphatic carbocycles. The van der Waals surface area contributed by atoms with E-state index < -0.39 is 0 Å². The summed E-state index contributed by atoms with van der Waals surface area (Å²) in [5.74, 6) is -0.371. The lowest BCUT2D eigenvalue weighted by Gasteiger charge is -1.97. The zero-order valence-corrected chi connectivity index (χ0v) is 6.56. The normalized spacial score (nSPS) is 9.42. The maximum Gasteiger partial charge on any atom is 0.325 e. The maximum atomic E-state index is 10.7. The van der Waals surface area contributed by atoms with E-state index in [4.69, 9.17) is 0 Å². The molecule has 0 spiro atoms. The molecule has 0 N–H and O–H groups in total. The van der Waals surface area contributed by atoms with Crippen LogP contribution in [0.4, 0.5) is 0 Å². The molecule has 0 aliphatic rings. The Morgan fingerprint density at radius 2 is 2.58 bits per heavy atom. The van der Waals surface area contributed by atoms with Crippen molar-refractivity contribution in [2.24, 2.45) is 0 Å². The monoisotopic (exact) mass is 168 g/mol. The van der Waals surface area contributed by atoms with Crippen LogP contribution in [-0.4, -0.2) is 28.9 Å². The van der Waals surface area contributed by atoms with Crippen molar-refractivity contribution in [3.8, 4) is 0 Å². The van der Waals surface area contributed by atoms with Crippen LogP contribution in [0.25, 0.3) is 0 Å². The van der Waals surface area contributed by atoms with Gasteiger partial charge in [0.1, 0.15) is 12.2 Å². The molecule has 0 fully saturated rings. The molecular weight excluding hydrogens is 160 g/mol. The van der Waals surface area contributed by atoms with E-state index in [-0.39, 0.29) is 12.5 Å². The van der Waals surface area contributed by atoms with Crippen molar-refractivity contribution in [3.05, 3.63) is 18.2 Å². The van der Waals surface area contributed by atoms with E-state index in [9.17, 15) is 9.59 Å². The van der Waals surface area contributed by atoms with Gasteiger partial charge < -0.3 is 9.30 Å². The van der Waals surface area contributed by atoms with Crippen molar-refractivity contribution in [1.29, 1.82) is 0 Å². The Balaban J connectivity index is 2.63. The molecule has 0 saturated heterocycles. The molecule has 1 aromatic rings. The van der Waals surface area contributed by atoms with Crippen LogP contribution in [0.3, 0.4) is 0 Å². The van der Waals surface area contributed by atoms with Crippen LogP contribution in [0.2, 0.25) is 0 Å². The quantitative estimate of drug-likeness (QED) is 0.466. The van der Waals surface area contributed by atoms with Crippen LogP contribution in [0.5, 0.6) is 0 Å². The summed E-state index contributed by atoms with van der Waals surface area (Å²) >= 11 is 0. The molecule has 64 valence electrons. The second kappa shape index (κ2) is 3.66. The Morgan fingerprint density at radius 1 is 1.83 bits per heavy atom. The Morgan fingerprint density at radius 3 is 3.08 bits per heavy atom. The molecule has 0 aliphatic heterocycles. The summed E-state index contributed by atoms with van der Waals surface area (Å²) in [4.78, 5) is 24.6. The van der Waals surface area contributed by atoms with Gasteiger partial charge in [-0.2, -0.15) is 0 Å². The summed E-state index contributed by atoms with van der Waals surface area (Å²) in [7, 11) is 1.31. The molecule has 0 radical (unpaired) electrons. The first-order valence-electron chi connectivity index (χ1n) is 3.30. The fraction of sp³-hybridized carbons (Fsp3) is 0.286. The molecule has 0 aromatic carbocycles. The van der Waals surface area contributed by atoms with Gasteiger partial charge in [0.2, 0.25) is 0 Å². The number of imidazole rings is 1. The molecule has 1 aromatic heterocycles. The van der Waals surface area contributed by atoms with Gasteiger partial charge in [0.25, 0.3) is 0 Å². The highest BCUT2D eigenvalue weighted by Crippen LogP contribution is 1.92. The summed E-state index contributed by atoms with van der Waals surface area (Å²) in [6.45, 7) is 0.0807. The molecule has 0 bridgehead atoms. The molecule has 1 heterocycles. The number of rotatable bonds is 3. The van der Waals surface area contributed by atoms with E-state index >= 15 is 0 Å². The summed E-state index contributed by atoms with van der Waals surface area (Å²) in [5.41, 5.74) is 0.305. The second-order valence-corrected chi connectivity index (χ2v) is 2.16. The van der Waals surface area contributed by atoms with Gasteiger partial charge in [-0.05, 0) is 0 Å². The lowest BCUT2D eigenvalue weighted by Crippen LogP contribution is -2.09. The average Bonchev–Trinajstić information content (AvgIpc) is 2.52. The number of carbonyl (C=O) groups is 2. The Labute approximate surface area is 69.0 Å². The van der Waals surface area contributed by atoms with E-state index in [1.54, 1.807) is 0 Å². The minimum absolute atomic E-state index is 0.0807. The molecular formula is C7H8N2O3. The van der Waals surface area contributed by atoms with E-state index in [1.165, 1.54) is 24.2 Å². The third-order valence-electron chi connectivity index (χ3n) is 1.31. The number of methoxy groups -OCH3 is 1. The lowest BCUT2D eigenvalue weighted by atomic mass is 10.5. The molecule has 0 saturated carbocycles. The number of hydrogen-bond acceptors (Lipinski definition) is 4. The Bertz CT molecular complexity index is 293. The van der Waals surface area contributed by atoms with E-state index in [1.807, 2.05) is 0 Å².